The number of hydrogen-bond acceptors (Lipinski definition) is 4. The molecule has 24 heavy (non-hydrogen) atoms. The van der Waals surface area contributed by atoms with Gasteiger partial charge in [0, 0.05) is 11.5 Å². The van der Waals surface area contributed by atoms with Crippen molar-refractivity contribution >= 4 is 5.97 Å². The summed E-state index contributed by atoms with van der Waals surface area (Å²) >= 11 is 0. The van der Waals surface area contributed by atoms with Crippen LogP contribution in [0.5, 0.6) is 0 Å². The Hall–Kier alpha value is -1.08. The third-order valence-electron chi connectivity index (χ3n) is 4.95. The Balaban J connectivity index is 2.89. The van der Waals surface area contributed by atoms with Crippen LogP contribution in [0.25, 0.3) is 0 Å². The van der Waals surface area contributed by atoms with Crippen molar-refractivity contribution in [3.8, 4) is 0 Å². The lowest BCUT2D eigenvalue weighted by Gasteiger charge is -2.51. The molecule has 3 unspecified atom stereocenters. The Morgan fingerprint density at radius 2 is 1.62 bits per heavy atom. The Bertz CT molecular complexity index is 506. The van der Waals surface area contributed by atoms with Crippen LogP contribution in [0.4, 0.5) is 13.2 Å². The Morgan fingerprint density at radius 3 is 1.96 bits per heavy atom. The maximum Gasteiger partial charge on any atom is 0.419 e. The van der Waals surface area contributed by atoms with Crippen LogP contribution in [-0.2, 0) is 14.3 Å². The lowest BCUT2D eigenvalue weighted by molar-refractivity contribution is -0.334. The zero-order valence-electron chi connectivity index (χ0n) is 15.1. The van der Waals surface area contributed by atoms with Crippen LogP contribution in [-0.4, -0.2) is 40.2 Å². The average molecular weight is 352 g/mol. The zero-order chi connectivity index (χ0) is 19.1. The lowest BCUT2D eigenvalue weighted by atomic mass is 9.71. The zero-order valence-corrected chi connectivity index (χ0v) is 15.1. The second-order valence-electron chi connectivity index (χ2n) is 7.69. The van der Waals surface area contributed by atoms with E-state index in [0.29, 0.717) is 19.8 Å². The Labute approximate surface area is 141 Å². The Morgan fingerprint density at radius 1 is 1.12 bits per heavy atom. The first-order valence-corrected chi connectivity index (χ1v) is 7.88. The molecule has 0 amide bonds. The molecule has 1 rings (SSSR count). The predicted octanol–water partition coefficient (Wildman–Crippen LogP) is 3.77. The van der Waals surface area contributed by atoms with Crippen molar-refractivity contribution in [3.05, 3.63) is 12.2 Å². The minimum Gasteiger partial charge on any atom is -0.459 e. The normalized spacial score (nSPS) is 24.8. The molecule has 3 atom stereocenters. The SMILES string of the molecule is C=C(C)C(=O)OC1CCC1C(C)(C)OC(C)(C)C(C)(O)C(F)(F)F. The van der Waals surface area contributed by atoms with Crippen molar-refractivity contribution < 1.29 is 32.5 Å². The van der Waals surface area contributed by atoms with Gasteiger partial charge in [-0.3, -0.25) is 0 Å². The maximum atomic E-state index is 13.1. The molecule has 7 heteroatoms. The summed E-state index contributed by atoms with van der Waals surface area (Å²) in [6.45, 7) is 11.4. The Kier molecular flexibility index (Phi) is 5.53. The molecular formula is C17H27F3O4. The lowest BCUT2D eigenvalue weighted by Crippen LogP contribution is -2.63. The maximum absolute atomic E-state index is 13.1. The summed E-state index contributed by atoms with van der Waals surface area (Å²) in [5, 5.41) is 9.95. The summed E-state index contributed by atoms with van der Waals surface area (Å²) in [4.78, 5) is 11.6. The fraction of sp³-hybridized carbons (Fsp3) is 0.824. The van der Waals surface area contributed by atoms with E-state index in [4.69, 9.17) is 9.47 Å². The van der Waals surface area contributed by atoms with Crippen molar-refractivity contribution in [2.45, 2.75) is 83.5 Å². The van der Waals surface area contributed by atoms with E-state index in [2.05, 4.69) is 6.58 Å². The fourth-order valence-electron chi connectivity index (χ4n) is 2.82. The topological polar surface area (TPSA) is 55.8 Å². The largest absolute Gasteiger partial charge is 0.459 e. The molecule has 0 radical (unpaired) electrons. The first kappa shape index (κ1) is 21.0. The van der Waals surface area contributed by atoms with Gasteiger partial charge in [0.1, 0.15) is 11.7 Å². The molecule has 0 aromatic rings. The van der Waals surface area contributed by atoms with Crippen LogP contribution >= 0.6 is 0 Å². The number of alkyl halides is 3. The van der Waals surface area contributed by atoms with Gasteiger partial charge in [0.2, 0.25) is 0 Å². The molecular weight excluding hydrogens is 325 g/mol. The van der Waals surface area contributed by atoms with E-state index in [1.54, 1.807) is 13.8 Å². The molecule has 0 aromatic carbocycles. The number of ether oxygens (including phenoxy) is 2. The van der Waals surface area contributed by atoms with Crippen molar-refractivity contribution in [3.63, 3.8) is 0 Å². The molecule has 1 saturated carbocycles. The highest BCUT2D eigenvalue weighted by atomic mass is 19.4. The van der Waals surface area contributed by atoms with Crippen LogP contribution in [0, 0.1) is 5.92 Å². The molecule has 1 N–H and O–H groups in total. The molecule has 0 spiro atoms. The predicted molar refractivity (Wildman–Crippen MR) is 83.3 cm³/mol. The van der Waals surface area contributed by atoms with Crippen molar-refractivity contribution in [1.29, 1.82) is 0 Å². The molecule has 4 nitrogen and oxygen atoms in total. The second-order valence-corrected chi connectivity index (χ2v) is 7.69. The van der Waals surface area contributed by atoms with Crippen LogP contribution < -0.4 is 0 Å². The summed E-state index contributed by atoms with van der Waals surface area (Å²) < 4.78 is 50.4. The molecule has 0 saturated heterocycles. The fourth-order valence-corrected chi connectivity index (χ4v) is 2.82. The van der Waals surface area contributed by atoms with Gasteiger partial charge in [0.15, 0.2) is 5.60 Å². The molecule has 0 heterocycles. The number of halogens is 3. The number of aliphatic hydroxyl groups is 1. The summed E-state index contributed by atoms with van der Waals surface area (Å²) in [5.41, 5.74) is -5.66. The van der Waals surface area contributed by atoms with Crippen LogP contribution in [0.3, 0.4) is 0 Å². The van der Waals surface area contributed by atoms with E-state index in [9.17, 15) is 23.1 Å². The third kappa shape index (κ3) is 3.94. The van der Waals surface area contributed by atoms with Gasteiger partial charge in [-0.2, -0.15) is 13.2 Å². The van der Waals surface area contributed by atoms with Crippen molar-refractivity contribution in [2.75, 3.05) is 0 Å². The smallest absolute Gasteiger partial charge is 0.419 e. The summed E-state index contributed by atoms with van der Waals surface area (Å²) in [6, 6.07) is 0. The molecule has 140 valence electrons. The summed E-state index contributed by atoms with van der Waals surface area (Å²) in [7, 11) is 0. The van der Waals surface area contributed by atoms with Crippen LogP contribution in [0.2, 0.25) is 0 Å². The van der Waals surface area contributed by atoms with Gasteiger partial charge in [-0.1, -0.05) is 6.58 Å². The third-order valence-corrected chi connectivity index (χ3v) is 4.95. The van der Waals surface area contributed by atoms with Gasteiger partial charge in [0.25, 0.3) is 0 Å². The van der Waals surface area contributed by atoms with E-state index < -0.39 is 35.1 Å². The van der Waals surface area contributed by atoms with Gasteiger partial charge in [-0.05, 0) is 54.4 Å². The molecule has 1 fully saturated rings. The van der Waals surface area contributed by atoms with E-state index >= 15 is 0 Å². The van der Waals surface area contributed by atoms with Gasteiger partial charge >= 0.3 is 12.1 Å². The molecule has 1 aliphatic carbocycles. The number of carbonyl (C=O) groups excluding carboxylic acids is 1. The number of rotatable bonds is 6. The van der Waals surface area contributed by atoms with Crippen molar-refractivity contribution in [1.82, 2.24) is 0 Å². The molecule has 0 aromatic heterocycles. The second kappa shape index (κ2) is 6.33. The summed E-state index contributed by atoms with van der Waals surface area (Å²) in [6.07, 6.45) is -3.99. The highest BCUT2D eigenvalue weighted by Gasteiger charge is 2.62. The highest BCUT2D eigenvalue weighted by molar-refractivity contribution is 5.87. The molecule has 1 aliphatic rings. The molecule has 0 bridgehead atoms. The van der Waals surface area contributed by atoms with Crippen LogP contribution in [0.15, 0.2) is 12.2 Å². The number of esters is 1. The first-order valence-electron chi connectivity index (χ1n) is 7.88. The highest BCUT2D eigenvalue weighted by Crippen LogP contribution is 2.47. The average Bonchev–Trinajstić information content (AvgIpc) is 2.30. The van der Waals surface area contributed by atoms with E-state index in [0.717, 1.165) is 0 Å². The number of carbonyl (C=O) groups is 1. The van der Waals surface area contributed by atoms with E-state index in [-0.39, 0.29) is 11.5 Å². The first-order chi connectivity index (χ1) is 10.5. The van der Waals surface area contributed by atoms with Crippen LogP contribution in [0.1, 0.15) is 54.4 Å². The minimum absolute atomic E-state index is 0.260. The number of hydrogen-bond donors (Lipinski definition) is 1. The summed E-state index contributed by atoms with van der Waals surface area (Å²) in [5.74, 6) is -0.786. The van der Waals surface area contributed by atoms with Gasteiger partial charge in [0.05, 0.1) is 5.60 Å². The minimum atomic E-state index is -4.84. The van der Waals surface area contributed by atoms with Crippen molar-refractivity contribution in [2.24, 2.45) is 5.92 Å². The van der Waals surface area contributed by atoms with Gasteiger partial charge in [-0.15, -0.1) is 0 Å². The van der Waals surface area contributed by atoms with E-state index in [1.807, 2.05) is 0 Å². The molecule has 0 aliphatic heterocycles. The van der Waals surface area contributed by atoms with Gasteiger partial charge in [-0.25, -0.2) is 4.79 Å². The van der Waals surface area contributed by atoms with E-state index in [1.165, 1.54) is 20.8 Å². The standard InChI is InChI=1S/C17H27F3O4/c1-10(2)13(21)23-12-9-8-11(12)14(3,4)24-15(5,6)16(7,22)17(18,19)20/h11-12,22H,1,8-9H2,2-7H3. The van der Waals surface area contributed by atoms with Gasteiger partial charge < -0.3 is 14.6 Å². The monoisotopic (exact) mass is 352 g/mol. The quantitative estimate of drug-likeness (QED) is 0.584.